The summed E-state index contributed by atoms with van der Waals surface area (Å²) in [5, 5.41) is 3.99. The zero-order valence-corrected chi connectivity index (χ0v) is 19.2. The van der Waals surface area contributed by atoms with Gasteiger partial charge in [-0.25, -0.2) is 0 Å². The number of benzene rings is 2. The Balaban J connectivity index is 2.33. The number of thioether (sulfide) groups is 2. The third-order valence-electron chi connectivity index (χ3n) is 3.63. The summed E-state index contributed by atoms with van der Waals surface area (Å²) in [6.45, 7) is 3.98. The van der Waals surface area contributed by atoms with Gasteiger partial charge in [0.15, 0.2) is 5.78 Å². The van der Waals surface area contributed by atoms with Gasteiger partial charge in [0, 0.05) is 15.7 Å². The van der Waals surface area contributed by atoms with E-state index in [2.05, 4.69) is 5.32 Å². The van der Waals surface area contributed by atoms with Gasteiger partial charge >= 0.3 is 0 Å². The number of ketones is 1. The SMILES string of the molecule is CCSC(SCC)=C(C(=O)/C=C/c1ccc(Cl)cc1)C(=O)Nc1ccc(Cl)cc1. The standard InChI is InChI=1S/C22H21Cl2NO2S2/c1-3-28-22(29-4-2)20(21(27)25-18-12-10-17(24)11-13-18)19(26)14-7-15-5-8-16(23)9-6-15/h5-14H,3-4H2,1-2H3,(H,25,27)/b14-7+. The molecule has 152 valence electrons. The number of halogens is 2. The third kappa shape index (κ3) is 7.59. The molecule has 0 spiro atoms. The van der Waals surface area contributed by atoms with Gasteiger partial charge in [0.2, 0.25) is 0 Å². The summed E-state index contributed by atoms with van der Waals surface area (Å²) in [4.78, 5) is 26.0. The highest BCUT2D eigenvalue weighted by molar-refractivity contribution is 8.22. The minimum absolute atomic E-state index is 0.142. The van der Waals surface area contributed by atoms with Crippen LogP contribution in [0, 0.1) is 0 Å². The largest absolute Gasteiger partial charge is 0.322 e. The van der Waals surface area contributed by atoms with Crippen LogP contribution in [-0.2, 0) is 9.59 Å². The lowest BCUT2D eigenvalue weighted by atomic mass is 10.1. The number of rotatable bonds is 9. The van der Waals surface area contributed by atoms with Crippen molar-refractivity contribution in [2.75, 3.05) is 16.8 Å². The molecule has 0 bridgehead atoms. The molecule has 0 saturated heterocycles. The van der Waals surface area contributed by atoms with E-state index in [1.54, 1.807) is 42.5 Å². The van der Waals surface area contributed by atoms with Gasteiger partial charge in [-0.15, -0.1) is 23.5 Å². The first-order chi connectivity index (χ1) is 13.9. The molecule has 0 saturated carbocycles. The van der Waals surface area contributed by atoms with E-state index in [9.17, 15) is 9.59 Å². The molecule has 0 atom stereocenters. The van der Waals surface area contributed by atoms with Crippen molar-refractivity contribution in [3.8, 4) is 0 Å². The van der Waals surface area contributed by atoms with Crippen molar-refractivity contribution in [3.63, 3.8) is 0 Å². The zero-order chi connectivity index (χ0) is 21.2. The van der Waals surface area contributed by atoms with Crippen molar-refractivity contribution in [2.45, 2.75) is 13.8 Å². The maximum absolute atomic E-state index is 13.0. The number of carbonyl (C=O) groups excluding carboxylic acids is 2. The van der Waals surface area contributed by atoms with Crippen LogP contribution in [0.3, 0.4) is 0 Å². The number of nitrogens with one attached hydrogen (secondary N) is 1. The molecular formula is C22H21Cl2NO2S2. The Labute approximate surface area is 189 Å². The van der Waals surface area contributed by atoms with E-state index in [0.717, 1.165) is 17.1 Å². The molecule has 0 aliphatic rings. The van der Waals surface area contributed by atoms with Crippen LogP contribution >= 0.6 is 46.7 Å². The van der Waals surface area contributed by atoms with Gasteiger partial charge < -0.3 is 5.32 Å². The highest BCUT2D eigenvalue weighted by Gasteiger charge is 2.22. The van der Waals surface area contributed by atoms with Gasteiger partial charge in [0.25, 0.3) is 5.91 Å². The zero-order valence-electron chi connectivity index (χ0n) is 16.1. The van der Waals surface area contributed by atoms with Crippen LogP contribution in [0.5, 0.6) is 0 Å². The van der Waals surface area contributed by atoms with Crippen molar-refractivity contribution in [2.24, 2.45) is 0 Å². The molecule has 0 radical (unpaired) electrons. The van der Waals surface area contributed by atoms with E-state index < -0.39 is 5.91 Å². The summed E-state index contributed by atoms with van der Waals surface area (Å²) in [5.74, 6) is 0.737. The quantitative estimate of drug-likeness (QED) is 0.247. The second kappa shape index (κ2) is 12.1. The van der Waals surface area contributed by atoms with Crippen molar-refractivity contribution < 1.29 is 9.59 Å². The van der Waals surface area contributed by atoms with E-state index in [1.165, 1.54) is 29.6 Å². The number of amides is 1. The third-order valence-corrected chi connectivity index (χ3v) is 6.35. The molecule has 7 heteroatoms. The molecule has 0 aromatic heterocycles. The van der Waals surface area contributed by atoms with Crippen LogP contribution in [0.4, 0.5) is 5.69 Å². The maximum Gasteiger partial charge on any atom is 0.261 e. The van der Waals surface area contributed by atoms with Gasteiger partial charge in [-0.3, -0.25) is 9.59 Å². The Hall–Kier alpha value is -1.66. The van der Waals surface area contributed by atoms with Crippen molar-refractivity contribution in [3.05, 3.63) is 80.0 Å². The first-order valence-electron chi connectivity index (χ1n) is 8.99. The van der Waals surface area contributed by atoms with E-state index >= 15 is 0 Å². The fourth-order valence-corrected chi connectivity index (χ4v) is 4.80. The molecule has 0 heterocycles. The minimum Gasteiger partial charge on any atom is -0.322 e. The smallest absolute Gasteiger partial charge is 0.261 e. The van der Waals surface area contributed by atoms with Gasteiger partial charge in [-0.2, -0.15) is 0 Å². The fraction of sp³-hybridized carbons (Fsp3) is 0.182. The van der Waals surface area contributed by atoms with Crippen LogP contribution in [0.15, 0.2) is 64.4 Å². The lowest BCUT2D eigenvalue weighted by molar-refractivity contribution is -0.117. The summed E-state index contributed by atoms with van der Waals surface area (Å²) in [6, 6.07) is 13.9. The Kier molecular flexibility index (Phi) is 9.88. The Morgan fingerprint density at radius 2 is 1.41 bits per heavy atom. The van der Waals surface area contributed by atoms with Crippen LogP contribution < -0.4 is 5.32 Å². The van der Waals surface area contributed by atoms with E-state index in [1.807, 2.05) is 26.0 Å². The Morgan fingerprint density at radius 1 is 0.897 bits per heavy atom. The lowest BCUT2D eigenvalue weighted by Gasteiger charge is -2.12. The predicted molar refractivity (Wildman–Crippen MR) is 129 cm³/mol. The predicted octanol–water partition coefficient (Wildman–Crippen LogP) is 6.93. The first-order valence-corrected chi connectivity index (χ1v) is 11.7. The monoisotopic (exact) mass is 465 g/mol. The van der Waals surface area contributed by atoms with Gasteiger partial charge in [-0.05, 0) is 59.5 Å². The molecule has 0 aliphatic heterocycles. The normalized spacial score (nSPS) is 10.8. The topological polar surface area (TPSA) is 46.2 Å². The number of allylic oxidation sites excluding steroid dienone is 1. The number of carbonyl (C=O) groups is 2. The molecular weight excluding hydrogens is 445 g/mol. The average Bonchev–Trinajstić information content (AvgIpc) is 2.70. The minimum atomic E-state index is -0.435. The number of anilines is 1. The molecule has 0 aliphatic carbocycles. The summed E-state index contributed by atoms with van der Waals surface area (Å²) in [6.07, 6.45) is 3.10. The molecule has 0 fully saturated rings. The molecule has 2 aromatic carbocycles. The molecule has 0 unspecified atom stereocenters. The number of hydrogen-bond donors (Lipinski definition) is 1. The maximum atomic E-state index is 13.0. The highest BCUT2D eigenvalue weighted by atomic mass is 35.5. The number of hydrogen-bond acceptors (Lipinski definition) is 4. The van der Waals surface area contributed by atoms with E-state index in [0.29, 0.717) is 20.0 Å². The summed E-state index contributed by atoms with van der Waals surface area (Å²) >= 11 is 14.8. The van der Waals surface area contributed by atoms with Gasteiger partial charge in [0.1, 0.15) is 5.57 Å². The van der Waals surface area contributed by atoms with Crippen LogP contribution in [0.2, 0.25) is 10.0 Å². The van der Waals surface area contributed by atoms with Crippen molar-refractivity contribution >= 4 is 70.2 Å². The second-order valence-corrected chi connectivity index (χ2v) is 9.42. The first kappa shape index (κ1) is 23.6. The van der Waals surface area contributed by atoms with E-state index in [-0.39, 0.29) is 11.4 Å². The molecule has 3 nitrogen and oxygen atoms in total. The highest BCUT2D eigenvalue weighted by Crippen LogP contribution is 2.33. The average molecular weight is 466 g/mol. The molecule has 29 heavy (non-hydrogen) atoms. The lowest BCUT2D eigenvalue weighted by Crippen LogP contribution is -2.20. The summed E-state index contributed by atoms with van der Waals surface area (Å²) in [7, 11) is 0. The molecule has 1 N–H and O–H groups in total. The molecule has 2 rings (SSSR count). The van der Waals surface area contributed by atoms with Crippen molar-refractivity contribution in [1.82, 2.24) is 0 Å². The van der Waals surface area contributed by atoms with E-state index in [4.69, 9.17) is 23.2 Å². The Morgan fingerprint density at radius 3 is 1.93 bits per heavy atom. The van der Waals surface area contributed by atoms with Gasteiger partial charge in [0.05, 0.1) is 4.24 Å². The molecule has 1 amide bonds. The second-order valence-electron chi connectivity index (χ2n) is 5.74. The summed E-state index contributed by atoms with van der Waals surface area (Å²) in [5.41, 5.74) is 1.55. The summed E-state index contributed by atoms with van der Waals surface area (Å²) < 4.78 is 0.715. The Bertz CT molecular complexity index is 899. The van der Waals surface area contributed by atoms with Crippen LogP contribution in [-0.4, -0.2) is 23.2 Å². The fourth-order valence-electron chi connectivity index (χ4n) is 2.31. The van der Waals surface area contributed by atoms with Crippen LogP contribution in [0.25, 0.3) is 6.08 Å². The molecule has 2 aromatic rings. The van der Waals surface area contributed by atoms with Crippen molar-refractivity contribution in [1.29, 1.82) is 0 Å². The van der Waals surface area contributed by atoms with Crippen LogP contribution in [0.1, 0.15) is 19.4 Å². The van der Waals surface area contributed by atoms with Gasteiger partial charge in [-0.1, -0.05) is 55.3 Å².